The van der Waals surface area contributed by atoms with E-state index in [1.54, 1.807) is 7.11 Å². The fraction of sp³-hybridized carbons (Fsp3) is 0.333. The molecule has 5 heteroatoms. The highest BCUT2D eigenvalue weighted by Crippen LogP contribution is 2.23. The second kappa shape index (κ2) is 5.00. The summed E-state index contributed by atoms with van der Waals surface area (Å²) in [7, 11) is 1.62. The van der Waals surface area contributed by atoms with Crippen LogP contribution in [0.15, 0.2) is 30.7 Å². The van der Waals surface area contributed by atoms with Gasteiger partial charge in [0.2, 0.25) is 0 Å². The van der Waals surface area contributed by atoms with Crippen molar-refractivity contribution in [2.24, 2.45) is 0 Å². The highest BCUT2D eigenvalue weighted by Gasteiger charge is 2.23. The molecular weight excluding hydrogens is 254 g/mol. The summed E-state index contributed by atoms with van der Waals surface area (Å²) >= 11 is 0. The van der Waals surface area contributed by atoms with Crippen LogP contribution in [0.25, 0.3) is 0 Å². The molecule has 0 saturated carbocycles. The molecule has 104 valence electrons. The number of hydrogen-bond donors (Lipinski definition) is 0. The first-order chi connectivity index (χ1) is 9.70. The van der Waals surface area contributed by atoms with Crippen molar-refractivity contribution >= 4 is 5.91 Å². The minimum atomic E-state index is 0.0499. The summed E-state index contributed by atoms with van der Waals surface area (Å²) in [5.41, 5.74) is 2.67. The van der Waals surface area contributed by atoms with E-state index >= 15 is 0 Å². The van der Waals surface area contributed by atoms with Gasteiger partial charge >= 0.3 is 0 Å². The zero-order chi connectivity index (χ0) is 14.1. The Morgan fingerprint density at radius 2 is 2.20 bits per heavy atom. The predicted octanol–water partition coefficient (Wildman–Crippen LogP) is 1.86. The molecule has 0 N–H and O–H groups in total. The lowest BCUT2D eigenvalue weighted by molar-refractivity contribution is 0.0710. The largest absolute Gasteiger partial charge is 0.496 e. The number of hydrogen-bond acceptors (Lipinski definition) is 3. The number of ether oxygens (including phenoxy) is 1. The molecule has 0 aliphatic carbocycles. The van der Waals surface area contributed by atoms with Gasteiger partial charge in [0.25, 0.3) is 5.91 Å². The van der Waals surface area contributed by atoms with Crippen LogP contribution in [0, 0.1) is 6.92 Å². The van der Waals surface area contributed by atoms with E-state index in [9.17, 15) is 4.79 Å². The molecule has 0 bridgehead atoms. The lowest BCUT2D eigenvalue weighted by Crippen LogP contribution is -2.38. The van der Waals surface area contributed by atoms with Gasteiger partial charge in [-0.3, -0.25) is 4.79 Å². The van der Waals surface area contributed by atoms with Gasteiger partial charge < -0.3 is 14.2 Å². The van der Waals surface area contributed by atoms with E-state index in [-0.39, 0.29) is 5.91 Å². The lowest BCUT2D eigenvalue weighted by Gasteiger charge is -2.28. The number of benzene rings is 1. The van der Waals surface area contributed by atoms with Crippen molar-refractivity contribution in [2.45, 2.75) is 20.0 Å². The van der Waals surface area contributed by atoms with Crippen molar-refractivity contribution in [2.75, 3.05) is 13.7 Å². The summed E-state index contributed by atoms with van der Waals surface area (Å²) in [5.74, 6) is 0.798. The molecule has 0 fully saturated rings. The number of aromatic nitrogens is 2. The highest BCUT2D eigenvalue weighted by molar-refractivity contribution is 5.96. The van der Waals surface area contributed by atoms with Gasteiger partial charge in [-0.25, -0.2) is 4.98 Å². The van der Waals surface area contributed by atoms with E-state index in [1.165, 1.54) is 0 Å². The lowest BCUT2D eigenvalue weighted by atomic mass is 10.1. The zero-order valence-electron chi connectivity index (χ0n) is 11.7. The van der Waals surface area contributed by atoms with Crippen molar-refractivity contribution in [1.82, 2.24) is 14.5 Å². The number of carbonyl (C=O) groups excluding carboxylic acids is 1. The van der Waals surface area contributed by atoms with Crippen molar-refractivity contribution in [3.8, 4) is 5.75 Å². The normalized spacial score (nSPS) is 14.0. The summed E-state index contributed by atoms with van der Waals surface area (Å²) in [4.78, 5) is 18.6. The minimum absolute atomic E-state index is 0.0499. The average molecular weight is 271 g/mol. The van der Waals surface area contributed by atoms with E-state index < -0.39 is 0 Å². The predicted molar refractivity (Wildman–Crippen MR) is 74.7 cm³/mol. The maximum atomic E-state index is 12.7. The van der Waals surface area contributed by atoms with Crippen LogP contribution in [0.3, 0.4) is 0 Å². The molecule has 0 unspecified atom stereocenters. The quantitative estimate of drug-likeness (QED) is 0.837. The van der Waals surface area contributed by atoms with Gasteiger partial charge in [0.15, 0.2) is 0 Å². The van der Waals surface area contributed by atoms with Crippen LogP contribution in [0.1, 0.15) is 21.6 Å². The van der Waals surface area contributed by atoms with Gasteiger partial charge in [-0.15, -0.1) is 0 Å². The molecule has 1 amide bonds. The second-order valence-electron chi connectivity index (χ2n) is 4.94. The zero-order valence-corrected chi connectivity index (χ0v) is 11.7. The molecule has 1 aliphatic heterocycles. The molecule has 0 saturated heterocycles. The number of fused-ring (bicyclic) bond motifs is 1. The van der Waals surface area contributed by atoms with Gasteiger partial charge in [-0.05, 0) is 19.1 Å². The Kier molecular flexibility index (Phi) is 3.18. The van der Waals surface area contributed by atoms with Crippen LogP contribution in [-0.2, 0) is 13.1 Å². The summed E-state index contributed by atoms with van der Waals surface area (Å²) < 4.78 is 7.37. The Balaban J connectivity index is 1.87. The van der Waals surface area contributed by atoms with Crippen molar-refractivity contribution in [1.29, 1.82) is 0 Å². The third-order valence-corrected chi connectivity index (χ3v) is 3.78. The van der Waals surface area contributed by atoms with Crippen LogP contribution in [0.4, 0.5) is 0 Å². The molecule has 20 heavy (non-hydrogen) atoms. The SMILES string of the molecule is COc1cccc(C(=O)N2CCn3cncc3C2)c1C. The van der Waals surface area contributed by atoms with E-state index in [4.69, 9.17) is 4.74 Å². The van der Waals surface area contributed by atoms with Crippen LogP contribution in [0.2, 0.25) is 0 Å². The second-order valence-corrected chi connectivity index (χ2v) is 4.94. The minimum Gasteiger partial charge on any atom is -0.496 e. The molecule has 0 radical (unpaired) electrons. The summed E-state index contributed by atoms with van der Waals surface area (Å²) in [5, 5.41) is 0. The number of carbonyl (C=O) groups is 1. The molecule has 1 aliphatic rings. The maximum absolute atomic E-state index is 12.7. The van der Waals surface area contributed by atoms with Gasteiger partial charge in [-0.1, -0.05) is 6.07 Å². The monoisotopic (exact) mass is 271 g/mol. The fourth-order valence-electron chi connectivity index (χ4n) is 2.60. The topological polar surface area (TPSA) is 47.4 Å². The maximum Gasteiger partial charge on any atom is 0.254 e. The van der Waals surface area contributed by atoms with Gasteiger partial charge in [0, 0.05) is 30.4 Å². The van der Waals surface area contributed by atoms with Crippen LogP contribution in [0.5, 0.6) is 5.75 Å². The van der Waals surface area contributed by atoms with Gasteiger partial charge in [0.1, 0.15) is 5.75 Å². The number of methoxy groups -OCH3 is 1. The molecule has 5 nitrogen and oxygen atoms in total. The molecule has 0 spiro atoms. The Bertz CT molecular complexity index is 648. The fourth-order valence-corrected chi connectivity index (χ4v) is 2.60. The Labute approximate surface area is 117 Å². The van der Waals surface area contributed by atoms with E-state index in [2.05, 4.69) is 9.55 Å². The molecule has 2 heterocycles. The summed E-state index contributed by atoms with van der Waals surface area (Å²) in [6.45, 7) is 4.03. The molecule has 1 aromatic carbocycles. The van der Waals surface area contributed by atoms with Crippen molar-refractivity contribution in [3.05, 3.63) is 47.5 Å². The first-order valence-corrected chi connectivity index (χ1v) is 6.62. The number of rotatable bonds is 2. The van der Waals surface area contributed by atoms with E-state index in [1.807, 2.05) is 42.5 Å². The summed E-state index contributed by atoms with van der Waals surface area (Å²) in [6, 6.07) is 5.58. The first-order valence-electron chi connectivity index (χ1n) is 6.62. The number of imidazole rings is 1. The average Bonchev–Trinajstić information content (AvgIpc) is 2.94. The van der Waals surface area contributed by atoms with E-state index in [0.717, 1.165) is 23.6 Å². The smallest absolute Gasteiger partial charge is 0.254 e. The van der Waals surface area contributed by atoms with Crippen molar-refractivity contribution < 1.29 is 9.53 Å². The first kappa shape index (κ1) is 12.7. The van der Waals surface area contributed by atoms with Gasteiger partial charge in [0.05, 0.1) is 25.7 Å². The molecular formula is C15H17N3O2. The standard InChI is InChI=1S/C15H17N3O2/c1-11-13(4-3-5-14(11)20-2)15(19)17-6-7-18-10-16-8-12(18)9-17/h3-5,8,10H,6-7,9H2,1-2H3. The van der Waals surface area contributed by atoms with Gasteiger partial charge in [-0.2, -0.15) is 0 Å². The molecule has 1 aromatic heterocycles. The van der Waals surface area contributed by atoms with E-state index in [0.29, 0.717) is 18.7 Å². The molecule has 0 atom stereocenters. The number of amides is 1. The Morgan fingerprint density at radius 3 is 3.00 bits per heavy atom. The Hall–Kier alpha value is -2.30. The van der Waals surface area contributed by atoms with Crippen LogP contribution >= 0.6 is 0 Å². The van der Waals surface area contributed by atoms with Crippen LogP contribution in [-0.4, -0.2) is 34.0 Å². The molecule has 3 rings (SSSR count). The third-order valence-electron chi connectivity index (χ3n) is 3.78. The Morgan fingerprint density at radius 1 is 1.35 bits per heavy atom. The molecule has 2 aromatic rings. The highest BCUT2D eigenvalue weighted by atomic mass is 16.5. The third kappa shape index (κ3) is 2.05. The van der Waals surface area contributed by atoms with Crippen LogP contribution < -0.4 is 4.74 Å². The summed E-state index contributed by atoms with van der Waals surface area (Å²) in [6.07, 6.45) is 3.63. The number of nitrogens with zero attached hydrogens (tertiary/aromatic N) is 3. The van der Waals surface area contributed by atoms with Crippen molar-refractivity contribution in [3.63, 3.8) is 0 Å².